The van der Waals surface area contributed by atoms with Gasteiger partial charge in [-0.25, -0.2) is 0 Å². The summed E-state index contributed by atoms with van der Waals surface area (Å²) in [5, 5.41) is 0. The highest BCUT2D eigenvalue weighted by Crippen LogP contribution is 2.36. The Morgan fingerprint density at radius 1 is 1.45 bits per heavy atom. The van der Waals surface area contributed by atoms with Crippen LogP contribution in [0.3, 0.4) is 0 Å². The molecule has 1 fully saturated rings. The fourth-order valence-corrected chi connectivity index (χ4v) is 3.48. The number of rotatable bonds is 5. The van der Waals surface area contributed by atoms with Crippen molar-refractivity contribution in [2.45, 2.75) is 46.1 Å². The fourth-order valence-electron chi connectivity index (χ4n) is 3.48. The number of ether oxygens (including phenoxy) is 2. The number of carbonyl (C=O) groups is 2. The van der Waals surface area contributed by atoms with Gasteiger partial charge < -0.3 is 14.4 Å². The van der Waals surface area contributed by atoms with Gasteiger partial charge in [-0.2, -0.15) is 0 Å². The van der Waals surface area contributed by atoms with Crippen LogP contribution in [-0.2, 0) is 19.1 Å². The highest BCUT2D eigenvalue weighted by molar-refractivity contribution is 5.86. The number of hydrogen-bond acceptors (Lipinski definition) is 4. The Hall–Kier alpha value is -1.36. The molecule has 1 aliphatic heterocycles. The normalized spacial score (nSPS) is 27.7. The van der Waals surface area contributed by atoms with Crippen molar-refractivity contribution < 1.29 is 19.1 Å². The van der Waals surface area contributed by atoms with E-state index in [0.717, 1.165) is 12.8 Å². The van der Waals surface area contributed by atoms with E-state index in [1.54, 1.807) is 12.0 Å². The van der Waals surface area contributed by atoms with E-state index < -0.39 is 0 Å². The molecule has 0 aromatic rings. The molecule has 5 nitrogen and oxygen atoms in total. The molecule has 124 valence electrons. The molecule has 2 aliphatic rings. The Morgan fingerprint density at radius 3 is 2.82 bits per heavy atom. The van der Waals surface area contributed by atoms with Crippen LogP contribution in [0.25, 0.3) is 0 Å². The van der Waals surface area contributed by atoms with Crippen molar-refractivity contribution in [2.75, 3.05) is 26.8 Å². The van der Waals surface area contributed by atoms with Gasteiger partial charge in [0.25, 0.3) is 0 Å². The molecule has 0 aromatic carbocycles. The van der Waals surface area contributed by atoms with Gasteiger partial charge in [-0.1, -0.05) is 19.4 Å². The number of amides is 1. The summed E-state index contributed by atoms with van der Waals surface area (Å²) in [7, 11) is 1.60. The summed E-state index contributed by atoms with van der Waals surface area (Å²) in [6, 6.07) is 0. The van der Waals surface area contributed by atoms with Gasteiger partial charge in [0.05, 0.1) is 12.5 Å². The quantitative estimate of drug-likeness (QED) is 0.577. The predicted molar refractivity (Wildman–Crippen MR) is 83.2 cm³/mol. The topological polar surface area (TPSA) is 55.8 Å². The van der Waals surface area contributed by atoms with Crippen LogP contribution in [0, 0.1) is 11.3 Å². The average Bonchev–Trinajstić information content (AvgIpc) is 2.75. The maximum atomic E-state index is 12.3. The lowest BCUT2D eigenvalue weighted by molar-refractivity contribution is -0.153. The van der Waals surface area contributed by atoms with E-state index in [1.807, 2.05) is 6.08 Å². The first-order chi connectivity index (χ1) is 10.3. The minimum absolute atomic E-state index is 0.00898. The standard InChI is InChI=1S/C17H27NO4/c1-12-7-14(10-17(2,3)9-12)22-16(20)13-8-15(19)18(11-13)5-6-21-4/h7,13-14H,5-6,8-11H2,1-4H3. The molecule has 1 aliphatic carbocycles. The maximum Gasteiger partial charge on any atom is 0.311 e. The molecule has 1 saturated heterocycles. The van der Waals surface area contributed by atoms with E-state index in [2.05, 4.69) is 20.8 Å². The molecular formula is C17H27NO4. The van der Waals surface area contributed by atoms with Gasteiger partial charge in [0.2, 0.25) is 5.91 Å². The van der Waals surface area contributed by atoms with Crippen molar-refractivity contribution >= 4 is 11.9 Å². The van der Waals surface area contributed by atoms with Crippen molar-refractivity contribution in [2.24, 2.45) is 11.3 Å². The number of hydrogen-bond donors (Lipinski definition) is 0. The molecule has 0 bridgehead atoms. The van der Waals surface area contributed by atoms with E-state index in [1.165, 1.54) is 5.57 Å². The number of carbonyl (C=O) groups excluding carboxylic acids is 2. The lowest BCUT2D eigenvalue weighted by Crippen LogP contribution is -2.32. The smallest absolute Gasteiger partial charge is 0.311 e. The van der Waals surface area contributed by atoms with Crippen molar-refractivity contribution in [3.8, 4) is 0 Å². The summed E-state index contributed by atoms with van der Waals surface area (Å²) in [5.41, 5.74) is 1.41. The van der Waals surface area contributed by atoms with Crippen molar-refractivity contribution in [1.29, 1.82) is 0 Å². The van der Waals surface area contributed by atoms with Gasteiger partial charge in [0.1, 0.15) is 6.10 Å². The van der Waals surface area contributed by atoms with Crippen LogP contribution in [0.4, 0.5) is 0 Å². The Kier molecular flexibility index (Phi) is 5.27. The lowest BCUT2D eigenvalue weighted by Gasteiger charge is -2.33. The van der Waals surface area contributed by atoms with E-state index in [9.17, 15) is 9.59 Å². The van der Waals surface area contributed by atoms with Gasteiger partial charge >= 0.3 is 5.97 Å². The Balaban J connectivity index is 1.90. The van der Waals surface area contributed by atoms with Crippen LogP contribution in [0.1, 0.15) is 40.0 Å². The number of nitrogens with zero attached hydrogens (tertiary/aromatic N) is 1. The first-order valence-electron chi connectivity index (χ1n) is 7.95. The monoisotopic (exact) mass is 309 g/mol. The Bertz CT molecular complexity index is 469. The van der Waals surface area contributed by atoms with Crippen molar-refractivity contribution in [1.82, 2.24) is 4.90 Å². The first-order valence-corrected chi connectivity index (χ1v) is 7.95. The van der Waals surface area contributed by atoms with Crippen LogP contribution < -0.4 is 0 Å². The second kappa shape index (κ2) is 6.82. The average molecular weight is 309 g/mol. The summed E-state index contributed by atoms with van der Waals surface area (Å²) < 4.78 is 10.6. The van der Waals surface area contributed by atoms with Gasteiger partial charge in [-0.3, -0.25) is 9.59 Å². The molecule has 0 saturated carbocycles. The van der Waals surface area contributed by atoms with E-state index >= 15 is 0 Å². The number of likely N-dealkylation sites (tertiary alicyclic amines) is 1. The predicted octanol–water partition coefficient (Wildman–Crippen LogP) is 2.16. The maximum absolute atomic E-state index is 12.3. The molecule has 2 atom stereocenters. The fraction of sp³-hybridized carbons (Fsp3) is 0.765. The van der Waals surface area contributed by atoms with Crippen LogP contribution in [0.2, 0.25) is 0 Å². The third kappa shape index (κ3) is 4.32. The Morgan fingerprint density at radius 2 is 2.18 bits per heavy atom. The Labute approximate surface area is 132 Å². The molecule has 22 heavy (non-hydrogen) atoms. The minimum Gasteiger partial charge on any atom is -0.458 e. The zero-order valence-electron chi connectivity index (χ0n) is 14.1. The molecule has 5 heteroatoms. The SMILES string of the molecule is COCCN1CC(C(=O)OC2C=C(C)CC(C)(C)C2)CC1=O. The molecule has 0 aromatic heterocycles. The third-order valence-electron chi connectivity index (χ3n) is 4.36. The summed E-state index contributed by atoms with van der Waals surface area (Å²) in [4.78, 5) is 25.9. The zero-order chi connectivity index (χ0) is 16.3. The molecule has 1 heterocycles. The molecule has 2 unspecified atom stereocenters. The second-order valence-corrected chi connectivity index (χ2v) is 7.27. The van der Waals surface area contributed by atoms with E-state index in [4.69, 9.17) is 9.47 Å². The van der Waals surface area contributed by atoms with Crippen LogP contribution >= 0.6 is 0 Å². The van der Waals surface area contributed by atoms with Crippen LogP contribution in [0.15, 0.2) is 11.6 Å². The summed E-state index contributed by atoms with van der Waals surface area (Å²) in [6.07, 6.45) is 4.00. The van der Waals surface area contributed by atoms with Gasteiger partial charge in [0, 0.05) is 26.6 Å². The highest BCUT2D eigenvalue weighted by atomic mass is 16.5. The van der Waals surface area contributed by atoms with Gasteiger partial charge in [-0.05, 0) is 31.3 Å². The van der Waals surface area contributed by atoms with Gasteiger partial charge in [-0.15, -0.1) is 0 Å². The molecule has 0 radical (unpaired) electrons. The largest absolute Gasteiger partial charge is 0.458 e. The number of allylic oxidation sites excluding steroid dienone is 1. The second-order valence-electron chi connectivity index (χ2n) is 7.27. The van der Waals surface area contributed by atoms with Crippen molar-refractivity contribution in [3.05, 3.63) is 11.6 Å². The minimum atomic E-state index is -0.344. The van der Waals surface area contributed by atoms with E-state index in [0.29, 0.717) is 19.7 Å². The zero-order valence-corrected chi connectivity index (χ0v) is 14.1. The lowest BCUT2D eigenvalue weighted by atomic mass is 9.76. The van der Waals surface area contributed by atoms with E-state index in [-0.39, 0.29) is 35.7 Å². The molecule has 2 rings (SSSR count). The number of methoxy groups -OCH3 is 1. The molecule has 0 spiro atoms. The summed E-state index contributed by atoms with van der Waals surface area (Å²) >= 11 is 0. The first kappa shape index (κ1) is 17.0. The molecule has 1 amide bonds. The highest BCUT2D eigenvalue weighted by Gasteiger charge is 2.37. The van der Waals surface area contributed by atoms with Crippen LogP contribution in [-0.4, -0.2) is 49.7 Å². The molecular weight excluding hydrogens is 282 g/mol. The van der Waals surface area contributed by atoms with Crippen LogP contribution in [0.5, 0.6) is 0 Å². The summed E-state index contributed by atoms with van der Waals surface area (Å²) in [5.74, 6) is -0.585. The number of esters is 1. The summed E-state index contributed by atoms with van der Waals surface area (Å²) in [6.45, 7) is 7.93. The van der Waals surface area contributed by atoms with Gasteiger partial charge in [0.15, 0.2) is 0 Å². The van der Waals surface area contributed by atoms with Crippen molar-refractivity contribution in [3.63, 3.8) is 0 Å². The molecule has 0 N–H and O–H groups in total. The third-order valence-corrected chi connectivity index (χ3v) is 4.36.